The first kappa shape index (κ1) is 18.1. The van der Waals surface area contributed by atoms with Gasteiger partial charge in [-0.15, -0.1) is 0 Å². The third kappa shape index (κ3) is 4.49. The number of anilines is 1. The van der Waals surface area contributed by atoms with Gasteiger partial charge in [0.25, 0.3) is 5.56 Å². The van der Waals surface area contributed by atoms with Crippen molar-refractivity contribution in [2.45, 2.75) is 6.54 Å². The highest BCUT2D eigenvalue weighted by Gasteiger charge is 2.10. The Hall–Kier alpha value is -3.68. The van der Waals surface area contributed by atoms with Crippen LogP contribution in [0.5, 0.6) is 5.75 Å². The lowest BCUT2D eigenvalue weighted by molar-refractivity contribution is -0.124. The molecular weight excluding hydrogens is 348 g/mol. The molecule has 3 rings (SSSR count). The van der Waals surface area contributed by atoms with E-state index in [9.17, 15) is 14.4 Å². The summed E-state index contributed by atoms with van der Waals surface area (Å²) in [4.78, 5) is 40.5. The Morgan fingerprint density at radius 2 is 1.93 bits per heavy atom. The molecule has 2 amide bonds. The lowest BCUT2D eigenvalue weighted by Crippen LogP contribution is -2.37. The normalized spacial score (nSPS) is 10.4. The molecule has 2 N–H and O–H groups in total. The third-order valence-electron chi connectivity index (χ3n) is 3.85. The maximum absolute atomic E-state index is 12.4. The number of para-hydroxylation sites is 1. The molecule has 1 heterocycles. The zero-order chi connectivity index (χ0) is 19.2. The van der Waals surface area contributed by atoms with E-state index < -0.39 is 5.91 Å². The van der Waals surface area contributed by atoms with Gasteiger partial charge in [-0.1, -0.05) is 18.2 Å². The number of carbonyl (C=O) groups excluding carboxylic acids is 2. The van der Waals surface area contributed by atoms with Crippen LogP contribution in [-0.4, -0.2) is 35.0 Å². The van der Waals surface area contributed by atoms with Crippen LogP contribution in [0.3, 0.4) is 0 Å². The van der Waals surface area contributed by atoms with Crippen molar-refractivity contribution in [3.63, 3.8) is 0 Å². The molecule has 27 heavy (non-hydrogen) atoms. The molecule has 0 aliphatic carbocycles. The number of ether oxygens (including phenoxy) is 1. The summed E-state index contributed by atoms with van der Waals surface area (Å²) >= 11 is 0. The molecule has 1 aromatic heterocycles. The number of hydrogen-bond donors (Lipinski definition) is 2. The van der Waals surface area contributed by atoms with Crippen LogP contribution in [0, 0.1) is 0 Å². The molecule has 0 unspecified atom stereocenters. The average molecular weight is 366 g/mol. The second kappa shape index (κ2) is 8.13. The summed E-state index contributed by atoms with van der Waals surface area (Å²) in [6.07, 6.45) is 1.32. The molecule has 0 saturated carbocycles. The quantitative estimate of drug-likeness (QED) is 0.682. The second-order valence-electron chi connectivity index (χ2n) is 5.75. The number of hydrogen-bond acceptors (Lipinski definition) is 5. The number of nitrogens with one attached hydrogen (secondary N) is 2. The molecule has 0 aliphatic rings. The molecule has 0 bridgehead atoms. The number of amides is 2. The number of fused-ring (bicyclic) bond motifs is 1. The van der Waals surface area contributed by atoms with Crippen molar-refractivity contribution < 1.29 is 14.3 Å². The summed E-state index contributed by atoms with van der Waals surface area (Å²) in [7, 11) is 1.53. The van der Waals surface area contributed by atoms with E-state index >= 15 is 0 Å². The first-order chi connectivity index (χ1) is 13.1. The van der Waals surface area contributed by atoms with Crippen molar-refractivity contribution in [1.82, 2.24) is 14.9 Å². The summed E-state index contributed by atoms with van der Waals surface area (Å²) in [6.45, 7) is -0.436. The van der Waals surface area contributed by atoms with Crippen molar-refractivity contribution in [1.29, 1.82) is 0 Å². The predicted molar refractivity (Wildman–Crippen MR) is 101 cm³/mol. The van der Waals surface area contributed by atoms with Crippen LogP contribution in [0.4, 0.5) is 5.69 Å². The van der Waals surface area contributed by atoms with Crippen LogP contribution in [0.2, 0.25) is 0 Å². The van der Waals surface area contributed by atoms with E-state index in [2.05, 4.69) is 15.6 Å². The van der Waals surface area contributed by atoms with Gasteiger partial charge in [0.2, 0.25) is 11.8 Å². The minimum Gasteiger partial charge on any atom is -0.497 e. The molecule has 0 saturated heterocycles. The van der Waals surface area contributed by atoms with E-state index in [1.807, 2.05) is 0 Å². The summed E-state index contributed by atoms with van der Waals surface area (Å²) in [5, 5.41) is 5.58. The van der Waals surface area contributed by atoms with E-state index in [1.165, 1.54) is 18.0 Å². The highest BCUT2D eigenvalue weighted by molar-refractivity contribution is 5.94. The van der Waals surface area contributed by atoms with Gasteiger partial charge in [0.15, 0.2) is 0 Å². The zero-order valence-corrected chi connectivity index (χ0v) is 14.6. The Morgan fingerprint density at radius 3 is 2.74 bits per heavy atom. The maximum Gasteiger partial charge on any atom is 0.261 e. The number of methoxy groups -OCH3 is 1. The lowest BCUT2D eigenvalue weighted by atomic mass is 10.2. The number of rotatable bonds is 6. The number of benzene rings is 2. The molecule has 8 heteroatoms. The monoisotopic (exact) mass is 366 g/mol. The molecule has 8 nitrogen and oxygen atoms in total. The predicted octanol–water partition coefficient (Wildman–Crippen LogP) is 1.16. The Balaban J connectivity index is 1.57. The van der Waals surface area contributed by atoms with E-state index in [1.54, 1.807) is 48.5 Å². The summed E-state index contributed by atoms with van der Waals surface area (Å²) in [5.41, 5.74) is 0.817. The van der Waals surface area contributed by atoms with Gasteiger partial charge in [-0.25, -0.2) is 4.98 Å². The Morgan fingerprint density at radius 1 is 1.11 bits per heavy atom. The van der Waals surface area contributed by atoms with Crippen molar-refractivity contribution >= 4 is 28.4 Å². The highest BCUT2D eigenvalue weighted by atomic mass is 16.5. The number of nitrogens with zero attached hydrogens (tertiary/aromatic N) is 2. The molecule has 0 radical (unpaired) electrons. The van der Waals surface area contributed by atoms with E-state index in [0.717, 1.165) is 0 Å². The van der Waals surface area contributed by atoms with Gasteiger partial charge >= 0.3 is 0 Å². The second-order valence-corrected chi connectivity index (χ2v) is 5.75. The summed E-state index contributed by atoms with van der Waals surface area (Å²) in [5.74, 6) is -0.240. The molecule has 0 fully saturated rings. The fraction of sp³-hybridized carbons (Fsp3) is 0.158. The topological polar surface area (TPSA) is 102 Å². The number of carbonyl (C=O) groups is 2. The van der Waals surface area contributed by atoms with Crippen molar-refractivity contribution in [2.75, 3.05) is 19.0 Å². The van der Waals surface area contributed by atoms with Gasteiger partial charge in [-0.3, -0.25) is 19.0 Å². The van der Waals surface area contributed by atoms with Crippen molar-refractivity contribution in [2.24, 2.45) is 0 Å². The SMILES string of the molecule is COc1cccc(NC(=O)CNC(=O)Cn2cnc3ccccc3c2=O)c1. The third-order valence-corrected chi connectivity index (χ3v) is 3.85. The van der Waals surface area contributed by atoms with Gasteiger partial charge < -0.3 is 15.4 Å². The molecule has 138 valence electrons. The minimum atomic E-state index is -0.463. The Kier molecular flexibility index (Phi) is 5.46. The van der Waals surface area contributed by atoms with Gasteiger partial charge in [0.1, 0.15) is 12.3 Å². The largest absolute Gasteiger partial charge is 0.497 e. The smallest absolute Gasteiger partial charge is 0.261 e. The van der Waals surface area contributed by atoms with Crippen LogP contribution in [-0.2, 0) is 16.1 Å². The number of aromatic nitrogens is 2. The van der Waals surface area contributed by atoms with Crippen LogP contribution in [0.15, 0.2) is 59.7 Å². The zero-order valence-electron chi connectivity index (χ0n) is 14.6. The van der Waals surface area contributed by atoms with Gasteiger partial charge in [0.05, 0.1) is 30.9 Å². The molecule has 0 spiro atoms. The highest BCUT2D eigenvalue weighted by Crippen LogP contribution is 2.16. The molecule has 3 aromatic rings. The first-order valence-electron chi connectivity index (χ1n) is 8.21. The van der Waals surface area contributed by atoms with Gasteiger partial charge in [0, 0.05) is 11.8 Å². The minimum absolute atomic E-state index is 0.216. The van der Waals surface area contributed by atoms with Gasteiger partial charge in [-0.2, -0.15) is 0 Å². The van der Waals surface area contributed by atoms with E-state index in [0.29, 0.717) is 22.3 Å². The van der Waals surface area contributed by atoms with E-state index in [-0.39, 0.29) is 24.6 Å². The molecule has 0 atom stereocenters. The molecule has 0 aliphatic heterocycles. The van der Waals surface area contributed by atoms with Gasteiger partial charge in [-0.05, 0) is 24.3 Å². The first-order valence-corrected chi connectivity index (χ1v) is 8.21. The Bertz CT molecular complexity index is 1050. The standard InChI is InChI=1S/C19H18N4O4/c1-27-14-6-4-5-13(9-14)22-17(24)10-20-18(25)11-23-12-21-16-8-3-2-7-15(16)19(23)26/h2-9,12H,10-11H2,1H3,(H,20,25)(H,22,24). The average Bonchev–Trinajstić information content (AvgIpc) is 2.69. The Labute approximate surface area is 154 Å². The van der Waals surface area contributed by atoms with Crippen LogP contribution in [0.25, 0.3) is 10.9 Å². The van der Waals surface area contributed by atoms with E-state index in [4.69, 9.17) is 4.74 Å². The maximum atomic E-state index is 12.4. The fourth-order valence-electron chi connectivity index (χ4n) is 2.51. The van der Waals surface area contributed by atoms with Crippen LogP contribution >= 0.6 is 0 Å². The summed E-state index contributed by atoms with van der Waals surface area (Å²) < 4.78 is 6.29. The van der Waals surface area contributed by atoms with Crippen molar-refractivity contribution in [3.05, 3.63) is 65.2 Å². The molecular formula is C19H18N4O4. The lowest BCUT2D eigenvalue weighted by Gasteiger charge is -2.09. The summed E-state index contributed by atoms with van der Waals surface area (Å²) in [6, 6.07) is 13.8. The van der Waals surface area contributed by atoms with Crippen LogP contribution < -0.4 is 20.9 Å². The van der Waals surface area contributed by atoms with Crippen molar-refractivity contribution in [3.8, 4) is 5.75 Å². The van der Waals surface area contributed by atoms with Crippen LogP contribution in [0.1, 0.15) is 0 Å². The fourth-order valence-corrected chi connectivity index (χ4v) is 2.51. The molecule has 2 aromatic carbocycles.